The highest BCUT2D eigenvalue weighted by Crippen LogP contribution is 2.16. The van der Waals surface area contributed by atoms with Crippen LogP contribution in [-0.2, 0) is 13.1 Å². The highest BCUT2D eigenvalue weighted by molar-refractivity contribution is 5.26. The summed E-state index contributed by atoms with van der Waals surface area (Å²) in [5.74, 6) is 1.42. The smallest absolute Gasteiger partial charge is 0.0247 e. The molecular formula is C15H28N2. The molecule has 0 spiro atoms. The number of hydrogen-bond acceptors (Lipinski definition) is 1. The average Bonchev–Trinajstić information content (AvgIpc) is 2.45. The molecule has 0 saturated carbocycles. The summed E-state index contributed by atoms with van der Waals surface area (Å²) in [4.78, 5) is 0. The van der Waals surface area contributed by atoms with Gasteiger partial charge in [-0.1, -0.05) is 27.7 Å². The molecule has 1 aromatic heterocycles. The Hall–Kier alpha value is -0.760. The van der Waals surface area contributed by atoms with Gasteiger partial charge in [-0.25, -0.2) is 0 Å². The summed E-state index contributed by atoms with van der Waals surface area (Å²) >= 11 is 0. The molecule has 2 nitrogen and oxygen atoms in total. The van der Waals surface area contributed by atoms with Crippen LogP contribution in [-0.4, -0.2) is 11.1 Å². The molecule has 0 radical (unpaired) electrons. The van der Waals surface area contributed by atoms with E-state index in [4.69, 9.17) is 0 Å². The molecule has 0 saturated heterocycles. The van der Waals surface area contributed by atoms with E-state index in [9.17, 15) is 0 Å². The molecule has 17 heavy (non-hydrogen) atoms. The Balaban J connectivity index is 2.67. The first-order valence-corrected chi connectivity index (χ1v) is 6.78. The highest BCUT2D eigenvalue weighted by atomic mass is 15.0. The topological polar surface area (TPSA) is 17.0 Å². The van der Waals surface area contributed by atoms with E-state index < -0.39 is 0 Å². The fourth-order valence-corrected chi connectivity index (χ4v) is 2.19. The lowest BCUT2D eigenvalue weighted by Crippen LogP contribution is -2.19. The second-order valence-electron chi connectivity index (χ2n) is 5.93. The molecule has 0 bridgehead atoms. The van der Waals surface area contributed by atoms with Crippen LogP contribution in [0.25, 0.3) is 0 Å². The van der Waals surface area contributed by atoms with Crippen molar-refractivity contribution in [3.8, 4) is 0 Å². The third-order valence-electron chi connectivity index (χ3n) is 3.09. The summed E-state index contributed by atoms with van der Waals surface area (Å²) in [6.07, 6.45) is 0. The van der Waals surface area contributed by atoms with E-state index in [0.29, 0.717) is 11.8 Å². The molecule has 0 atom stereocenters. The third kappa shape index (κ3) is 4.19. The Labute approximate surface area is 106 Å². The van der Waals surface area contributed by atoms with Gasteiger partial charge >= 0.3 is 0 Å². The molecule has 1 rings (SSSR count). The average molecular weight is 236 g/mol. The Bertz CT molecular complexity index is 348. The minimum absolute atomic E-state index is 0.705. The first-order chi connectivity index (χ1) is 7.91. The van der Waals surface area contributed by atoms with Gasteiger partial charge in [-0.2, -0.15) is 0 Å². The summed E-state index contributed by atoms with van der Waals surface area (Å²) in [5, 5.41) is 3.52. The predicted octanol–water partition coefficient (Wildman–Crippen LogP) is 3.51. The summed E-state index contributed by atoms with van der Waals surface area (Å²) in [7, 11) is 0. The standard InChI is InChI=1S/C15H28N2/c1-11(2)8-16-9-15-7-13(5)17(14(15)6)10-12(3)4/h7,11-12,16H,8-10H2,1-6H3. The molecule has 0 unspecified atom stereocenters. The lowest BCUT2D eigenvalue weighted by atomic mass is 10.2. The van der Waals surface area contributed by atoms with E-state index in [1.807, 2.05) is 0 Å². The van der Waals surface area contributed by atoms with Gasteiger partial charge in [0.25, 0.3) is 0 Å². The van der Waals surface area contributed by atoms with Gasteiger partial charge in [0, 0.05) is 24.5 Å². The first-order valence-electron chi connectivity index (χ1n) is 6.78. The molecule has 0 aliphatic rings. The normalized spacial score (nSPS) is 11.8. The summed E-state index contributed by atoms with van der Waals surface area (Å²) in [6.45, 7) is 16.7. The number of rotatable bonds is 6. The molecule has 0 fully saturated rings. The molecule has 1 aromatic rings. The monoisotopic (exact) mass is 236 g/mol. The van der Waals surface area contributed by atoms with Gasteiger partial charge in [-0.3, -0.25) is 0 Å². The van der Waals surface area contributed by atoms with Gasteiger partial charge in [-0.05, 0) is 43.9 Å². The minimum atomic E-state index is 0.705. The quantitative estimate of drug-likeness (QED) is 0.800. The molecule has 98 valence electrons. The maximum atomic E-state index is 3.52. The summed E-state index contributed by atoms with van der Waals surface area (Å²) < 4.78 is 2.44. The van der Waals surface area contributed by atoms with Crippen LogP contribution >= 0.6 is 0 Å². The van der Waals surface area contributed by atoms with E-state index in [0.717, 1.165) is 19.6 Å². The van der Waals surface area contributed by atoms with Crippen LogP contribution in [0.5, 0.6) is 0 Å². The van der Waals surface area contributed by atoms with E-state index in [-0.39, 0.29) is 0 Å². The van der Waals surface area contributed by atoms with Crippen molar-refractivity contribution in [3.05, 3.63) is 23.0 Å². The van der Waals surface area contributed by atoms with Crippen molar-refractivity contribution in [1.29, 1.82) is 0 Å². The first kappa shape index (κ1) is 14.3. The number of nitrogens with zero attached hydrogens (tertiary/aromatic N) is 1. The Kier molecular flexibility index (Phi) is 5.26. The van der Waals surface area contributed by atoms with Crippen LogP contribution < -0.4 is 5.32 Å². The van der Waals surface area contributed by atoms with E-state index in [1.165, 1.54) is 17.0 Å². The van der Waals surface area contributed by atoms with Crippen LogP contribution in [0.15, 0.2) is 6.07 Å². The zero-order chi connectivity index (χ0) is 13.0. The SMILES string of the molecule is Cc1cc(CNCC(C)C)c(C)n1CC(C)C. The van der Waals surface area contributed by atoms with E-state index in [2.05, 4.69) is 57.5 Å². The molecule has 0 aromatic carbocycles. The number of nitrogens with one attached hydrogen (secondary N) is 1. The Morgan fingerprint density at radius 1 is 1.12 bits per heavy atom. The van der Waals surface area contributed by atoms with Crippen LogP contribution in [0.2, 0.25) is 0 Å². The highest BCUT2D eigenvalue weighted by Gasteiger charge is 2.09. The zero-order valence-corrected chi connectivity index (χ0v) is 12.3. The maximum absolute atomic E-state index is 3.52. The second-order valence-corrected chi connectivity index (χ2v) is 5.93. The van der Waals surface area contributed by atoms with Crippen molar-refractivity contribution in [2.45, 2.75) is 54.6 Å². The zero-order valence-electron chi connectivity index (χ0n) is 12.3. The largest absolute Gasteiger partial charge is 0.349 e. The molecule has 1 heterocycles. The van der Waals surface area contributed by atoms with E-state index in [1.54, 1.807) is 0 Å². The lowest BCUT2D eigenvalue weighted by Gasteiger charge is -2.13. The number of hydrogen-bond donors (Lipinski definition) is 1. The Morgan fingerprint density at radius 3 is 2.29 bits per heavy atom. The van der Waals surface area contributed by atoms with Gasteiger partial charge < -0.3 is 9.88 Å². The van der Waals surface area contributed by atoms with Crippen molar-refractivity contribution in [2.75, 3.05) is 6.54 Å². The summed E-state index contributed by atoms with van der Waals surface area (Å²) in [5.41, 5.74) is 4.26. The van der Waals surface area contributed by atoms with Gasteiger partial charge in [0.2, 0.25) is 0 Å². The van der Waals surface area contributed by atoms with Gasteiger partial charge in [0.1, 0.15) is 0 Å². The van der Waals surface area contributed by atoms with Crippen molar-refractivity contribution < 1.29 is 0 Å². The Morgan fingerprint density at radius 2 is 1.76 bits per heavy atom. The minimum Gasteiger partial charge on any atom is -0.349 e. The van der Waals surface area contributed by atoms with Gasteiger partial charge in [0.15, 0.2) is 0 Å². The molecule has 0 aliphatic carbocycles. The fourth-order valence-electron chi connectivity index (χ4n) is 2.19. The van der Waals surface area contributed by atoms with E-state index >= 15 is 0 Å². The molecule has 0 amide bonds. The molecule has 1 N–H and O–H groups in total. The van der Waals surface area contributed by atoms with Crippen LogP contribution in [0.1, 0.15) is 44.6 Å². The predicted molar refractivity (Wildman–Crippen MR) is 75.3 cm³/mol. The molecule has 2 heteroatoms. The molecular weight excluding hydrogens is 208 g/mol. The van der Waals surface area contributed by atoms with Crippen molar-refractivity contribution in [3.63, 3.8) is 0 Å². The van der Waals surface area contributed by atoms with Crippen LogP contribution in [0, 0.1) is 25.7 Å². The van der Waals surface area contributed by atoms with Crippen LogP contribution in [0.4, 0.5) is 0 Å². The van der Waals surface area contributed by atoms with Crippen molar-refractivity contribution >= 4 is 0 Å². The van der Waals surface area contributed by atoms with Crippen molar-refractivity contribution in [2.24, 2.45) is 11.8 Å². The van der Waals surface area contributed by atoms with Crippen molar-refractivity contribution in [1.82, 2.24) is 9.88 Å². The number of aryl methyl sites for hydroxylation is 1. The van der Waals surface area contributed by atoms with Gasteiger partial charge in [-0.15, -0.1) is 0 Å². The lowest BCUT2D eigenvalue weighted by molar-refractivity contribution is 0.506. The second kappa shape index (κ2) is 6.25. The third-order valence-corrected chi connectivity index (χ3v) is 3.09. The molecule has 0 aliphatic heterocycles. The summed E-state index contributed by atoms with van der Waals surface area (Å²) in [6, 6.07) is 2.32. The number of aromatic nitrogens is 1. The fraction of sp³-hybridized carbons (Fsp3) is 0.733. The maximum Gasteiger partial charge on any atom is 0.0247 e. The van der Waals surface area contributed by atoms with Crippen LogP contribution in [0.3, 0.4) is 0 Å². The van der Waals surface area contributed by atoms with Gasteiger partial charge in [0.05, 0.1) is 0 Å².